The molecule has 0 aliphatic rings. The molecule has 24 heavy (non-hydrogen) atoms. The van der Waals surface area contributed by atoms with Crippen molar-refractivity contribution in [2.75, 3.05) is 5.73 Å². The van der Waals surface area contributed by atoms with Gasteiger partial charge in [0.1, 0.15) is 0 Å². The van der Waals surface area contributed by atoms with Gasteiger partial charge in [-0.25, -0.2) is 0 Å². The van der Waals surface area contributed by atoms with Crippen molar-refractivity contribution in [2.45, 2.75) is 13.5 Å². The summed E-state index contributed by atoms with van der Waals surface area (Å²) in [4.78, 5) is 0. The third-order valence-corrected chi connectivity index (χ3v) is 4.52. The molecule has 1 aromatic heterocycles. The Kier molecular flexibility index (Phi) is 3.58. The lowest BCUT2D eigenvalue weighted by Crippen LogP contribution is -1.92. The molecule has 0 unspecified atom stereocenters. The Bertz CT molecular complexity index is 1040. The quantitative estimate of drug-likeness (QED) is 0.389. The predicted octanol–water partition coefficient (Wildman–Crippen LogP) is 5.57. The summed E-state index contributed by atoms with van der Waals surface area (Å²) in [6.07, 6.45) is 4.28. The lowest BCUT2D eigenvalue weighted by Gasteiger charge is -2.02. The van der Waals surface area contributed by atoms with Gasteiger partial charge in [-0.15, -0.1) is 0 Å². The van der Waals surface area contributed by atoms with Crippen LogP contribution in [0.1, 0.15) is 18.1 Å². The Hall–Kier alpha value is -3.00. The highest BCUT2D eigenvalue weighted by Gasteiger charge is 2.08. The average Bonchev–Trinajstić information content (AvgIpc) is 2.94. The molecule has 0 aliphatic heterocycles. The molecular weight excluding hydrogens is 292 g/mol. The van der Waals surface area contributed by atoms with Crippen molar-refractivity contribution in [3.63, 3.8) is 0 Å². The molecule has 0 saturated heterocycles. The minimum absolute atomic E-state index is 0.793. The van der Waals surface area contributed by atoms with Crippen LogP contribution in [0, 0.1) is 0 Å². The predicted molar refractivity (Wildman–Crippen MR) is 105 cm³/mol. The van der Waals surface area contributed by atoms with E-state index in [-0.39, 0.29) is 0 Å². The van der Waals surface area contributed by atoms with Gasteiger partial charge < -0.3 is 10.3 Å². The number of anilines is 1. The van der Waals surface area contributed by atoms with E-state index in [4.69, 9.17) is 5.73 Å². The number of aryl methyl sites for hydroxylation is 1. The average molecular weight is 312 g/mol. The van der Waals surface area contributed by atoms with Crippen molar-refractivity contribution in [3.8, 4) is 0 Å². The minimum atomic E-state index is 0.793. The van der Waals surface area contributed by atoms with E-state index < -0.39 is 0 Å². The van der Waals surface area contributed by atoms with E-state index >= 15 is 0 Å². The summed E-state index contributed by atoms with van der Waals surface area (Å²) in [5, 5.41) is 2.63. The van der Waals surface area contributed by atoms with E-state index in [0.717, 1.165) is 17.8 Å². The summed E-state index contributed by atoms with van der Waals surface area (Å²) in [5.74, 6) is 0. The Labute approximate surface area is 141 Å². The summed E-state index contributed by atoms with van der Waals surface area (Å²) in [7, 11) is 0. The monoisotopic (exact) mass is 312 g/mol. The number of benzene rings is 3. The Morgan fingerprint density at radius 3 is 2.25 bits per heavy atom. The van der Waals surface area contributed by atoms with Crippen LogP contribution < -0.4 is 5.73 Å². The third-order valence-electron chi connectivity index (χ3n) is 4.52. The lowest BCUT2D eigenvalue weighted by molar-refractivity contribution is 0.827. The zero-order valence-corrected chi connectivity index (χ0v) is 13.7. The summed E-state index contributed by atoms with van der Waals surface area (Å²) < 4.78 is 2.37. The van der Waals surface area contributed by atoms with Gasteiger partial charge in [-0.2, -0.15) is 0 Å². The fraction of sp³-hybridized carbons (Fsp3) is 0.0909. The van der Waals surface area contributed by atoms with Crippen LogP contribution in [0.2, 0.25) is 0 Å². The molecule has 0 bridgehead atoms. The third kappa shape index (κ3) is 2.46. The maximum atomic E-state index is 5.74. The van der Waals surface area contributed by atoms with Gasteiger partial charge in [0.2, 0.25) is 0 Å². The van der Waals surface area contributed by atoms with E-state index in [1.54, 1.807) is 0 Å². The maximum absolute atomic E-state index is 5.74. The highest BCUT2D eigenvalue weighted by molar-refractivity contribution is 6.08. The summed E-state index contributed by atoms with van der Waals surface area (Å²) >= 11 is 0. The van der Waals surface area contributed by atoms with Gasteiger partial charge in [-0.05, 0) is 48.4 Å². The minimum Gasteiger partial charge on any atom is -0.399 e. The second-order valence-corrected chi connectivity index (χ2v) is 6.04. The van der Waals surface area contributed by atoms with E-state index in [1.807, 2.05) is 24.3 Å². The van der Waals surface area contributed by atoms with Gasteiger partial charge in [-0.3, -0.25) is 0 Å². The van der Waals surface area contributed by atoms with Crippen molar-refractivity contribution in [2.24, 2.45) is 0 Å². The number of para-hydroxylation sites is 1. The molecule has 4 aromatic rings. The highest BCUT2D eigenvalue weighted by Crippen LogP contribution is 2.30. The van der Waals surface area contributed by atoms with E-state index in [0.29, 0.717) is 0 Å². The van der Waals surface area contributed by atoms with Crippen LogP contribution in [0.5, 0.6) is 0 Å². The van der Waals surface area contributed by atoms with Crippen molar-refractivity contribution < 1.29 is 0 Å². The number of nitrogens with zero attached hydrogens (tertiary/aromatic N) is 1. The Balaban J connectivity index is 1.80. The van der Waals surface area contributed by atoms with E-state index in [9.17, 15) is 0 Å². The van der Waals surface area contributed by atoms with Gasteiger partial charge in [0.05, 0.1) is 0 Å². The topological polar surface area (TPSA) is 30.9 Å². The fourth-order valence-electron chi connectivity index (χ4n) is 3.32. The Morgan fingerprint density at radius 2 is 1.46 bits per heavy atom. The molecule has 0 radical (unpaired) electrons. The molecule has 0 amide bonds. The van der Waals surface area contributed by atoms with Crippen LogP contribution in [0.3, 0.4) is 0 Å². The molecule has 2 heteroatoms. The van der Waals surface area contributed by atoms with Crippen LogP contribution in [-0.4, -0.2) is 4.57 Å². The van der Waals surface area contributed by atoms with E-state index in [1.165, 1.54) is 27.4 Å². The number of nitrogens with two attached hydrogens (primary N) is 1. The molecule has 4 rings (SSSR count). The molecule has 1 heterocycles. The first-order valence-electron chi connectivity index (χ1n) is 8.31. The van der Waals surface area contributed by atoms with Crippen molar-refractivity contribution >= 4 is 39.6 Å². The van der Waals surface area contributed by atoms with Crippen LogP contribution in [0.25, 0.3) is 34.0 Å². The van der Waals surface area contributed by atoms with Crippen LogP contribution >= 0.6 is 0 Å². The molecule has 3 aromatic carbocycles. The molecule has 0 fully saturated rings. The summed E-state index contributed by atoms with van der Waals surface area (Å²) in [6.45, 7) is 3.17. The maximum Gasteiger partial charge on any atom is 0.0491 e. The molecule has 0 atom stereocenters. The lowest BCUT2D eigenvalue weighted by atomic mass is 10.1. The highest BCUT2D eigenvalue weighted by atomic mass is 15.0. The summed E-state index contributed by atoms with van der Waals surface area (Å²) in [6, 6.07) is 23.2. The number of aromatic nitrogens is 1. The van der Waals surface area contributed by atoms with Gasteiger partial charge in [0, 0.05) is 34.0 Å². The molecule has 0 spiro atoms. The zero-order valence-electron chi connectivity index (χ0n) is 13.7. The van der Waals surface area contributed by atoms with Crippen molar-refractivity contribution in [3.05, 3.63) is 77.9 Å². The standard InChI is InChI=1S/C22H20N2/c1-2-24-21-6-4-3-5-19(21)20-15-17(11-14-22(20)24)8-7-16-9-12-18(23)13-10-16/h3-15H,2,23H2,1H3. The first-order valence-corrected chi connectivity index (χ1v) is 8.31. The molecule has 2 N–H and O–H groups in total. The molecule has 118 valence electrons. The van der Waals surface area contributed by atoms with Crippen LogP contribution in [-0.2, 0) is 6.54 Å². The van der Waals surface area contributed by atoms with Gasteiger partial charge in [-0.1, -0.05) is 48.6 Å². The van der Waals surface area contributed by atoms with Crippen LogP contribution in [0.4, 0.5) is 5.69 Å². The van der Waals surface area contributed by atoms with E-state index in [2.05, 4.69) is 66.1 Å². The second kappa shape index (κ2) is 5.89. The number of nitrogen functional groups attached to an aromatic ring is 1. The van der Waals surface area contributed by atoms with Crippen molar-refractivity contribution in [1.82, 2.24) is 4.57 Å². The van der Waals surface area contributed by atoms with Gasteiger partial charge in [0.25, 0.3) is 0 Å². The molecular formula is C22H20N2. The van der Waals surface area contributed by atoms with Gasteiger partial charge in [0.15, 0.2) is 0 Å². The largest absolute Gasteiger partial charge is 0.399 e. The number of hydrogen-bond donors (Lipinski definition) is 1. The number of rotatable bonds is 3. The fourth-order valence-corrected chi connectivity index (χ4v) is 3.32. The first kappa shape index (κ1) is 14.6. The van der Waals surface area contributed by atoms with Crippen LogP contribution in [0.15, 0.2) is 66.7 Å². The molecule has 0 aliphatic carbocycles. The number of hydrogen-bond acceptors (Lipinski definition) is 1. The molecule has 0 saturated carbocycles. The SMILES string of the molecule is CCn1c2ccccc2c2cc(C=Cc3ccc(N)cc3)ccc21. The summed E-state index contributed by atoms with van der Waals surface area (Å²) in [5.41, 5.74) is 11.5. The zero-order chi connectivity index (χ0) is 16.5. The van der Waals surface area contributed by atoms with Gasteiger partial charge >= 0.3 is 0 Å². The first-order chi connectivity index (χ1) is 11.8. The normalized spacial score (nSPS) is 11.7. The Morgan fingerprint density at radius 1 is 0.792 bits per heavy atom. The van der Waals surface area contributed by atoms with Crippen molar-refractivity contribution in [1.29, 1.82) is 0 Å². The smallest absolute Gasteiger partial charge is 0.0491 e. The number of fused-ring (bicyclic) bond motifs is 3. The molecule has 2 nitrogen and oxygen atoms in total. The second-order valence-electron chi connectivity index (χ2n) is 6.04.